The maximum Gasteiger partial charge on any atom is 0.254 e. The number of benzene rings is 1. The van der Waals surface area contributed by atoms with Crippen LogP contribution in [0.1, 0.15) is 27.3 Å². The zero-order chi connectivity index (χ0) is 19.7. The number of nitrogens with one attached hydrogen (secondary N) is 2. The van der Waals surface area contributed by atoms with Crippen LogP contribution in [0.3, 0.4) is 0 Å². The molecule has 0 fully saturated rings. The molecule has 9 heteroatoms. The molecule has 3 rings (SSSR count). The Balaban J connectivity index is 2.02. The number of anilines is 4. The standard InChI is InChI=1S/C18H20FN7O/c1-9-6-5-7-13(19)14(9)22-17-12(16(20)27)8-21-18(24-17)23-15-10(2)25-26(4)11(15)3/h5-8H,1-4H3,(H2,20,27)(H2,21,22,23,24). The summed E-state index contributed by atoms with van der Waals surface area (Å²) in [5.74, 6) is -0.827. The summed E-state index contributed by atoms with van der Waals surface area (Å²) < 4.78 is 15.9. The van der Waals surface area contributed by atoms with Crippen LogP contribution in [0.4, 0.5) is 27.5 Å². The van der Waals surface area contributed by atoms with Crippen LogP contribution in [0.15, 0.2) is 24.4 Å². The van der Waals surface area contributed by atoms with Crippen molar-refractivity contribution in [3.8, 4) is 0 Å². The second-order valence-electron chi connectivity index (χ2n) is 6.17. The molecular formula is C18H20FN7O. The minimum atomic E-state index is -0.716. The fraction of sp³-hybridized carbons (Fsp3) is 0.222. The van der Waals surface area contributed by atoms with Crippen LogP contribution in [-0.4, -0.2) is 25.7 Å². The smallest absolute Gasteiger partial charge is 0.254 e. The minimum Gasteiger partial charge on any atom is -0.365 e. The Morgan fingerprint density at radius 2 is 1.93 bits per heavy atom. The maximum absolute atomic E-state index is 14.2. The van der Waals surface area contributed by atoms with Crippen molar-refractivity contribution in [2.24, 2.45) is 12.8 Å². The zero-order valence-corrected chi connectivity index (χ0v) is 15.5. The highest BCUT2D eigenvalue weighted by Crippen LogP contribution is 2.27. The van der Waals surface area contributed by atoms with Crippen molar-refractivity contribution < 1.29 is 9.18 Å². The van der Waals surface area contributed by atoms with Crippen molar-refractivity contribution in [1.82, 2.24) is 19.7 Å². The lowest BCUT2D eigenvalue weighted by Gasteiger charge is -2.13. The monoisotopic (exact) mass is 369 g/mol. The van der Waals surface area contributed by atoms with Gasteiger partial charge in [0.25, 0.3) is 5.91 Å². The third-order valence-corrected chi connectivity index (χ3v) is 4.27. The largest absolute Gasteiger partial charge is 0.365 e. The lowest BCUT2D eigenvalue weighted by Crippen LogP contribution is -2.16. The van der Waals surface area contributed by atoms with Gasteiger partial charge < -0.3 is 16.4 Å². The SMILES string of the molecule is Cc1cccc(F)c1Nc1nc(Nc2c(C)nn(C)c2C)ncc1C(N)=O. The number of para-hydroxylation sites is 1. The van der Waals surface area contributed by atoms with E-state index in [1.807, 2.05) is 20.9 Å². The van der Waals surface area contributed by atoms with Crippen LogP contribution in [0.5, 0.6) is 0 Å². The molecule has 3 aromatic rings. The van der Waals surface area contributed by atoms with Gasteiger partial charge in [-0.25, -0.2) is 9.37 Å². The van der Waals surface area contributed by atoms with Crippen LogP contribution in [-0.2, 0) is 7.05 Å². The molecular weight excluding hydrogens is 349 g/mol. The van der Waals surface area contributed by atoms with E-state index < -0.39 is 11.7 Å². The average molecular weight is 369 g/mol. The van der Waals surface area contributed by atoms with Gasteiger partial charge in [-0.3, -0.25) is 9.48 Å². The second kappa shape index (κ2) is 7.02. The molecule has 0 aliphatic carbocycles. The molecule has 0 aliphatic rings. The number of nitrogens with zero attached hydrogens (tertiary/aromatic N) is 4. The lowest BCUT2D eigenvalue weighted by molar-refractivity contribution is 0.100. The number of rotatable bonds is 5. The van der Waals surface area contributed by atoms with Gasteiger partial charge in [-0.05, 0) is 32.4 Å². The molecule has 27 heavy (non-hydrogen) atoms. The third-order valence-electron chi connectivity index (χ3n) is 4.27. The van der Waals surface area contributed by atoms with Gasteiger partial charge in [-0.1, -0.05) is 12.1 Å². The fourth-order valence-corrected chi connectivity index (χ4v) is 2.69. The topological polar surface area (TPSA) is 111 Å². The molecule has 0 spiro atoms. The van der Waals surface area contributed by atoms with Crippen molar-refractivity contribution in [1.29, 1.82) is 0 Å². The molecule has 0 unspecified atom stereocenters. The number of halogens is 1. The Morgan fingerprint density at radius 1 is 1.19 bits per heavy atom. The average Bonchev–Trinajstić information content (AvgIpc) is 2.84. The van der Waals surface area contributed by atoms with Gasteiger partial charge in [0.15, 0.2) is 0 Å². The Kier molecular flexibility index (Phi) is 4.76. The Morgan fingerprint density at radius 3 is 2.52 bits per heavy atom. The molecule has 0 aliphatic heterocycles. The van der Waals surface area contributed by atoms with Gasteiger partial charge in [0.2, 0.25) is 5.95 Å². The van der Waals surface area contributed by atoms with E-state index in [-0.39, 0.29) is 23.0 Å². The lowest BCUT2D eigenvalue weighted by atomic mass is 10.2. The molecule has 2 aromatic heterocycles. The number of aryl methyl sites for hydroxylation is 3. The van der Waals surface area contributed by atoms with E-state index in [0.717, 1.165) is 17.1 Å². The Bertz CT molecular complexity index is 1010. The van der Waals surface area contributed by atoms with Gasteiger partial charge in [-0.2, -0.15) is 10.1 Å². The van der Waals surface area contributed by atoms with E-state index >= 15 is 0 Å². The van der Waals surface area contributed by atoms with E-state index in [2.05, 4.69) is 25.7 Å². The number of hydrogen-bond acceptors (Lipinski definition) is 6. The van der Waals surface area contributed by atoms with E-state index in [1.54, 1.807) is 23.7 Å². The number of aromatic nitrogens is 4. The van der Waals surface area contributed by atoms with Gasteiger partial charge in [0, 0.05) is 13.2 Å². The highest BCUT2D eigenvalue weighted by molar-refractivity contribution is 5.98. The first-order valence-corrected chi connectivity index (χ1v) is 8.24. The minimum absolute atomic E-state index is 0.0582. The van der Waals surface area contributed by atoms with Gasteiger partial charge in [-0.15, -0.1) is 0 Å². The first kappa shape index (κ1) is 18.3. The number of hydrogen-bond donors (Lipinski definition) is 3. The van der Waals surface area contributed by atoms with Crippen molar-refractivity contribution in [3.05, 3.63) is 52.7 Å². The van der Waals surface area contributed by atoms with E-state index in [0.29, 0.717) is 5.56 Å². The molecule has 1 amide bonds. The van der Waals surface area contributed by atoms with Crippen molar-refractivity contribution >= 4 is 29.0 Å². The normalized spacial score (nSPS) is 10.7. The van der Waals surface area contributed by atoms with Crippen LogP contribution in [0.25, 0.3) is 0 Å². The molecule has 0 radical (unpaired) electrons. The Hall–Kier alpha value is -3.49. The fourth-order valence-electron chi connectivity index (χ4n) is 2.69. The second-order valence-corrected chi connectivity index (χ2v) is 6.17. The Labute approximate surface area is 155 Å². The van der Waals surface area contributed by atoms with Crippen molar-refractivity contribution in [2.45, 2.75) is 20.8 Å². The summed E-state index contributed by atoms with van der Waals surface area (Å²) in [4.78, 5) is 20.2. The number of carbonyl (C=O) groups is 1. The molecule has 140 valence electrons. The van der Waals surface area contributed by atoms with Gasteiger partial charge in [0.1, 0.15) is 17.2 Å². The predicted molar refractivity (Wildman–Crippen MR) is 101 cm³/mol. The summed E-state index contributed by atoms with van der Waals surface area (Å²) >= 11 is 0. The third kappa shape index (κ3) is 3.57. The summed E-state index contributed by atoms with van der Waals surface area (Å²) in [6, 6.07) is 4.67. The molecule has 1 aromatic carbocycles. The number of primary amides is 1. The first-order valence-electron chi connectivity index (χ1n) is 8.24. The zero-order valence-electron chi connectivity index (χ0n) is 15.5. The molecule has 8 nitrogen and oxygen atoms in total. The predicted octanol–water partition coefficient (Wildman–Crippen LogP) is 2.86. The summed E-state index contributed by atoms with van der Waals surface area (Å²) in [5.41, 5.74) is 8.79. The summed E-state index contributed by atoms with van der Waals surface area (Å²) in [6.07, 6.45) is 1.30. The van der Waals surface area contributed by atoms with Gasteiger partial charge >= 0.3 is 0 Å². The van der Waals surface area contributed by atoms with E-state index in [9.17, 15) is 9.18 Å². The number of carbonyl (C=O) groups excluding carboxylic acids is 1. The van der Waals surface area contributed by atoms with Crippen molar-refractivity contribution in [2.75, 3.05) is 10.6 Å². The van der Waals surface area contributed by atoms with Crippen LogP contribution in [0, 0.1) is 26.6 Å². The maximum atomic E-state index is 14.2. The summed E-state index contributed by atoms with van der Waals surface area (Å²) in [5, 5.41) is 10.3. The van der Waals surface area contributed by atoms with Gasteiger partial charge in [0.05, 0.1) is 22.8 Å². The first-order chi connectivity index (χ1) is 12.8. The molecule has 0 atom stereocenters. The van der Waals surface area contributed by atoms with Crippen LogP contribution in [0.2, 0.25) is 0 Å². The molecule has 2 heterocycles. The van der Waals surface area contributed by atoms with Crippen molar-refractivity contribution in [3.63, 3.8) is 0 Å². The summed E-state index contributed by atoms with van der Waals surface area (Å²) in [7, 11) is 1.83. The van der Waals surface area contributed by atoms with E-state index in [1.165, 1.54) is 12.3 Å². The number of nitrogens with two attached hydrogens (primary N) is 1. The highest BCUT2D eigenvalue weighted by Gasteiger charge is 2.17. The molecule has 0 saturated carbocycles. The van der Waals surface area contributed by atoms with Crippen LogP contribution < -0.4 is 16.4 Å². The molecule has 0 bridgehead atoms. The molecule has 4 N–H and O–H groups in total. The van der Waals surface area contributed by atoms with Crippen LogP contribution >= 0.6 is 0 Å². The molecule has 0 saturated heterocycles. The summed E-state index contributed by atoms with van der Waals surface area (Å²) in [6.45, 7) is 5.51. The number of amides is 1. The highest BCUT2D eigenvalue weighted by atomic mass is 19.1. The quantitative estimate of drug-likeness (QED) is 0.638. The van der Waals surface area contributed by atoms with E-state index in [4.69, 9.17) is 5.73 Å².